The minimum absolute atomic E-state index is 0.181. The van der Waals surface area contributed by atoms with Gasteiger partial charge in [-0.25, -0.2) is 4.39 Å². The van der Waals surface area contributed by atoms with E-state index in [2.05, 4.69) is 77.7 Å². The van der Waals surface area contributed by atoms with E-state index in [1.54, 1.807) is 0 Å². The summed E-state index contributed by atoms with van der Waals surface area (Å²) in [5.41, 5.74) is 3.93. The normalized spacial score (nSPS) is 15.8. The van der Waals surface area contributed by atoms with Gasteiger partial charge in [0, 0.05) is 12.5 Å². The van der Waals surface area contributed by atoms with Crippen LogP contribution < -0.4 is 0 Å². The molecule has 0 radical (unpaired) electrons. The molecule has 0 saturated carbocycles. The molecule has 3 aromatic rings. The summed E-state index contributed by atoms with van der Waals surface area (Å²) in [6.07, 6.45) is 7.79. The van der Waals surface area contributed by atoms with Crippen molar-refractivity contribution in [1.29, 1.82) is 0 Å². The van der Waals surface area contributed by atoms with Crippen LogP contribution in [0.3, 0.4) is 0 Å². The first-order valence-electron chi connectivity index (χ1n) is 11.0. The lowest BCUT2D eigenvalue weighted by Crippen LogP contribution is -2.36. The molecule has 0 amide bonds. The first-order valence-corrected chi connectivity index (χ1v) is 11.0. The molecule has 2 heteroatoms. The Morgan fingerprint density at radius 1 is 0.800 bits per heavy atom. The van der Waals surface area contributed by atoms with Gasteiger partial charge in [0.1, 0.15) is 5.82 Å². The van der Waals surface area contributed by atoms with E-state index in [0.717, 1.165) is 31.6 Å². The van der Waals surface area contributed by atoms with Crippen molar-refractivity contribution in [3.05, 3.63) is 114 Å². The number of nitrogens with zero attached hydrogens (tertiary/aromatic N) is 1. The summed E-state index contributed by atoms with van der Waals surface area (Å²) < 4.78 is 13.0. The summed E-state index contributed by atoms with van der Waals surface area (Å²) >= 11 is 0. The van der Waals surface area contributed by atoms with Crippen molar-refractivity contribution in [2.24, 2.45) is 5.92 Å². The minimum Gasteiger partial charge on any atom is -0.303 e. The molecular formula is C28H30FN. The van der Waals surface area contributed by atoms with Gasteiger partial charge in [-0.1, -0.05) is 84.9 Å². The number of piperidine rings is 1. The van der Waals surface area contributed by atoms with Crippen molar-refractivity contribution in [3.63, 3.8) is 0 Å². The number of halogens is 1. The van der Waals surface area contributed by atoms with Crippen LogP contribution in [0.4, 0.5) is 4.39 Å². The highest BCUT2D eigenvalue weighted by Gasteiger charge is 2.28. The summed E-state index contributed by atoms with van der Waals surface area (Å²) in [4.78, 5) is 2.58. The molecule has 0 bridgehead atoms. The van der Waals surface area contributed by atoms with Gasteiger partial charge >= 0.3 is 0 Å². The van der Waals surface area contributed by atoms with E-state index < -0.39 is 0 Å². The molecule has 0 unspecified atom stereocenters. The lowest BCUT2D eigenvalue weighted by Gasteiger charge is -2.36. The van der Waals surface area contributed by atoms with Crippen molar-refractivity contribution in [2.45, 2.75) is 25.2 Å². The number of hydrogen-bond donors (Lipinski definition) is 0. The average molecular weight is 400 g/mol. The topological polar surface area (TPSA) is 3.24 Å². The maximum absolute atomic E-state index is 13.0. The standard InChI is InChI=1S/C28H30FN/c29-27-16-14-23(15-17-27)9-7-8-20-30-21-18-26(19-22-30)28(24-10-3-1-4-11-24)25-12-5-2-6-13-25/h1-7,9-17,26,28H,8,18-22H2/b9-7+. The van der Waals surface area contributed by atoms with Crippen LogP contribution in [0.1, 0.15) is 41.9 Å². The van der Waals surface area contributed by atoms with E-state index in [1.165, 1.54) is 36.1 Å². The lowest BCUT2D eigenvalue weighted by molar-refractivity contribution is 0.178. The van der Waals surface area contributed by atoms with Crippen LogP contribution in [0, 0.1) is 11.7 Å². The third-order valence-electron chi connectivity index (χ3n) is 6.21. The Bertz CT molecular complexity index is 870. The SMILES string of the molecule is Fc1ccc(/C=C/CCN2CCC(C(c3ccccc3)c3ccccc3)CC2)cc1. The first-order chi connectivity index (χ1) is 14.8. The Kier molecular flexibility index (Phi) is 7.10. The molecule has 1 nitrogen and oxygen atoms in total. The van der Waals surface area contributed by atoms with Gasteiger partial charge in [0.15, 0.2) is 0 Å². The van der Waals surface area contributed by atoms with E-state index in [4.69, 9.17) is 0 Å². The molecule has 0 aliphatic carbocycles. The molecule has 0 atom stereocenters. The van der Waals surface area contributed by atoms with E-state index in [9.17, 15) is 4.39 Å². The van der Waals surface area contributed by atoms with Crippen LogP contribution >= 0.6 is 0 Å². The Morgan fingerprint density at radius 3 is 1.93 bits per heavy atom. The summed E-state index contributed by atoms with van der Waals surface area (Å²) in [5.74, 6) is 0.980. The minimum atomic E-state index is -0.181. The molecule has 0 spiro atoms. The fraction of sp³-hybridized carbons (Fsp3) is 0.286. The van der Waals surface area contributed by atoms with Crippen LogP contribution in [0.15, 0.2) is 91.0 Å². The van der Waals surface area contributed by atoms with Crippen molar-refractivity contribution < 1.29 is 4.39 Å². The molecule has 1 fully saturated rings. The number of benzene rings is 3. The first kappa shape index (κ1) is 20.6. The summed E-state index contributed by atoms with van der Waals surface area (Å²) in [7, 11) is 0. The Balaban J connectivity index is 1.32. The zero-order chi connectivity index (χ0) is 20.6. The summed E-state index contributed by atoms with van der Waals surface area (Å²) in [5, 5.41) is 0. The molecule has 30 heavy (non-hydrogen) atoms. The highest BCUT2D eigenvalue weighted by molar-refractivity contribution is 5.48. The van der Waals surface area contributed by atoms with Crippen molar-refractivity contribution in [3.8, 4) is 0 Å². The van der Waals surface area contributed by atoms with Gasteiger partial charge in [0.05, 0.1) is 0 Å². The fourth-order valence-corrected chi connectivity index (χ4v) is 4.62. The van der Waals surface area contributed by atoms with E-state index in [1.807, 2.05) is 12.1 Å². The van der Waals surface area contributed by atoms with Gasteiger partial charge in [0.2, 0.25) is 0 Å². The van der Waals surface area contributed by atoms with Gasteiger partial charge in [-0.05, 0) is 67.1 Å². The van der Waals surface area contributed by atoms with Gasteiger partial charge in [0.25, 0.3) is 0 Å². The third kappa shape index (κ3) is 5.46. The molecule has 3 aromatic carbocycles. The zero-order valence-corrected chi connectivity index (χ0v) is 17.5. The molecule has 154 valence electrons. The molecule has 1 heterocycles. The molecule has 1 saturated heterocycles. The predicted octanol–water partition coefficient (Wildman–Crippen LogP) is 6.77. The Hall–Kier alpha value is -2.71. The van der Waals surface area contributed by atoms with Crippen LogP contribution in [0.2, 0.25) is 0 Å². The fourth-order valence-electron chi connectivity index (χ4n) is 4.62. The van der Waals surface area contributed by atoms with Crippen LogP contribution in [0.25, 0.3) is 6.08 Å². The quantitative estimate of drug-likeness (QED) is 0.423. The summed E-state index contributed by atoms with van der Waals surface area (Å²) in [6, 6.07) is 28.7. The van der Waals surface area contributed by atoms with Gasteiger partial charge in [-0.3, -0.25) is 0 Å². The largest absolute Gasteiger partial charge is 0.303 e. The Morgan fingerprint density at radius 2 is 1.37 bits per heavy atom. The predicted molar refractivity (Wildman–Crippen MR) is 124 cm³/mol. The van der Waals surface area contributed by atoms with Gasteiger partial charge in [-0.2, -0.15) is 0 Å². The molecular weight excluding hydrogens is 369 g/mol. The van der Waals surface area contributed by atoms with Crippen LogP contribution in [0.5, 0.6) is 0 Å². The average Bonchev–Trinajstić information content (AvgIpc) is 2.80. The van der Waals surface area contributed by atoms with Crippen LogP contribution in [-0.4, -0.2) is 24.5 Å². The maximum atomic E-state index is 13.0. The van der Waals surface area contributed by atoms with Crippen molar-refractivity contribution in [1.82, 2.24) is 4.90 Å². The lowest BCUT2D eigenvalue weighted by atomic mass is 9.76. The van der Waals surface area contributed by atoms with E-state index in [0.29, 0.717) is 11.8 Å². The molecule has 1 aliphatic heterocycles. The molecule has 4 rings (SSSR count). The number of hydrogen-bond acceptors (Lipinski definition) is 1. The van der Waals surface area contributed by atoms with Crippen molar-refractivity contribution >= 4 is 6.08 Å². The van der Waals surface area contributed by atoms with E-state index >= 15 is 0 Å². The number of rotatable bonds is 7. The van der Waals surface area contributed by atoms with Crippen molar-refractivity contribution in [2.75, 3.05) is 19.6 Å². The molecule has 0 N–H and O–H groups in total. The van der Waals surface area contributed by atoms with Gasteiger partial charge in [-0.15, -0.1) is 0 Å². The highest BCUT2D eigenvalue weighted by Crippen LogP contribution is 2.37. The summed E-state index contributed by atoms with van der Waals surface area (Å²) in [6.45, 7) is 3.40. The second-order valence-electron chi connectivity index (χ2n) is 8.22. The van der Waals surface area contributed by atoms with Crippen LogP contribution in [-0.2, 0) is 0 Å². The number of likely N-dealkylation sites (tertiary alicyclic amines) is 1. The Labute approximate surface area is 179 Å². The molecule has 1 aliphatic rings. The maximum Gasteiger partial charge on any atom is 0.123 e. The van der Waals surface area contributed by atoms with Gasteiger partial charge < -0.3 is 4.90 Å². The smallest absolute Gasteiger partial charge is 0.123 e. The van der Waals surface area contributed by atoms with E-state index in [-0.39, 0.29) is 5.82 Å². The second kappa shape index (κ2) is 10.4. The highest BCUT2D eigenvalue weighted by atomic mass is 19.1. The zero-order valence-electron chi connectivity index (χ0n) is 17.5. The second-order valence-corrected chi connectivity index (χ2v) is 8.22. The monoisotopic (exact) mass is 399 g/mol. The molecule has 0 aromatic heterocycles. The third-order valence-corrected chi connectivity index (χ3v) is 6.21.